The molecule has 0 aliphatic heterocycles. The number of nitrogens with zero attached hydrogens (tertiary/aromatic N) is 3. The Morgan fingerprint density at radius 2 is 0.719 bits per heavy atom. The SMILES string of the molecule is c1ccc(-c2ccc(N(c3ccc(-c4cccc5c4oc4ccccc45)cc3)c3cc(-n4c5ccccc5c5ccccc54)cc(-n4c5ccccc5c5ccccc54)c3)cc2)cc1. The van der Waals surface area contributed by atoms with E-state index in [-0.39, 0.29) is 0 Å². The van der Waals surface area contributed by atoms with Crippen LogP contribution in [0.25, 0.3) is 99.2 Å². The number of benzene rings is 10. The maximum Gasteiger partial charge on any atom is 0.143 e. The molecule has 13 rings (SSSR count). The van der Waals surface area contributed by atoms with Crippen molar-refractivity contribution in [1.82, 2.24) is 9.13 Å². The first-order valence-electron chi connectivity index (χ1n) is 21.8. The van der Waals surface area contributed by atoms with Gasteiger partial charge in [-0.05, 0) is 89.5 Å². The summed E-state index contributed by atoms with van der Waals surface area (Å²) in [5.74, 6) is 0. The highest BCUT2D eigenvalue weighted by Crippen LogP contribution is 2.43. The van der Waals surface area contributed by atoms with Crippen LogP contribution in [-0.4, -0.2) is 9.13 Å². The Morgan fingerprint density at radius 1 is 0.297 bits per heavy atom. The van der Waals surface area contributed by atoms with Crippen molar-refractivity contribution in [3.05, 3.63) is 237 Å². The first kappa shape index (κ1) is 36.1. The van der Waals surface area contributed by atoms with Gasteiger partial charge in [0.15, 0.2) is 0 Å². The van der Waals surface area contributed by atoms with Crippen molar-refractivity contribution >= 4 is 82.6 Å². The van der Waals surface area contributed by atoms with Gasteiger partial charge in [-0.3, -0.25) is 0 Å². The number of para-hydroxylation sites is 6. The third-order valence-electron chi connectivity index (χ3n) is 12.9. The zero-order valence-corrected chi connectivity index (χ0v) is 34.8. The molecule has 0 N–H and O–H groups in total. The lowest BCUT2D eigenvalue weighted by molar-refractivity contribution is 0.670. The smallest absolute Gasteiger partial charge is 0.143 e. The quantitative estimate of drug-likeness (QED) is 0.160. The molecule has 0 spiro atoms. The minimum atomic E-state index is 0.897. The molecule has 0 atom stereocenters. The Kier molecular flexibility index (Phi) is 8.18. The molecule has 0 bridgehead atoms. The molecule has 13 aromatic rings. The summed E-state index contributed by atoms with van der Waals surface area (Å²) in [5, 5.41) is 7.16. The minimum absolute atomic E-state index is 0.897. The van der Waals surface area contributed by atoms with Gasteiger partial charge in [0.1, 0.15) is 11.2 Å². The summed E-state index contributed by atoms with van der Waals surface area (Å²) in [6.45, 7) is 0. The lowest BCUT2D eigenvalue weighted by Gasteiger charge is -2.28. The number of hydrogen-bond donors (Lipinski definition) is 0. The van der Waals surface area contributed by atoms with E-state index in [4.69, 9.17) is 4.42 Å². The van der Waals surface area contributed by atoms with E-state index in [0.717, 1.165) is 83.6 Å². The molecule has 0 amide bonds. The molecule has 0 saturated carbocycles. The number of rotatable bonds is 7. The van der Waals surface area contributed by atoms with Gasteiger partial charge in [-0.2, -0.15) is 0 Å². The molecule has 4 nitrogen and oxygen atoms in total. The Hall–Kier alpha value is -8.60. The summed E-state index contributed by atoms with van der Waals surface area (Å²) in [4.78, 5) is 2.40. The van der Waals surface area contributed by atoms with Gasteiger partial charge in [-0.25, -0.2) is 0 Å². The highest BCUT2D eigenvalue weighted by atomic mass is 16.3. The molecule has 0 saturated heterocycles. The standard InChI is InChI=1S/C60H39N3O/c1-2-15-40(16-3-1)41-29-33-43(34-30-41)61(44-35-31-42(32-36-44)48-22-14-23-54-53-21-8-13-28-59(53)64-60(48)54)45-37-46(62-55-24-9-4-17-49(55)50-18-5-10-25-56(50)62)39-47(38-45)63-57-26-11-6-19-51(57)52-20-7-12-27-58(52)63/h1-39H. The van der Waals surface area contributed by atoms with Crippen LogP contribution in [0.3, 0.4) is 0 Å². The number of hydrogen-bond acceptors (Lipinski definition) is 2. The van der Waals surface area contributed by atoms with E-state index in [9.17, 15) is 0 Å². The minimum Gasteiger partial charge on any atom is -0.455 e. The van der Waals surface area contributed by atoms with Crippen LogP contribution in [-0.2, 0) is 0 Å². The average Bonchev–Trinajstić information content (AvgIpc) is 4.03. The van der Waals surface area contributed by atoms with Gasteiger partial charge in [0.25, 0.3) is 0 Å². The van der Waals surface area contributed by atoms with Crippen LogP contribution in [0.2, 0.25) is 0 Å². The van der Waals surface area contributed by atoms with Crippen molar-refractivity contribution in [3.8, 4) is 33.6 Å². The van der Waals surface area contributed by atoms with E-state index in [0.29, 0.717) is 0 Å². The van der Waals surface area contributed by atoms with Crippen molar-refractivity contribution < 1.29 is 4.42 Å². The molecule has 0 fully saturated rings. The van der Waals surface area contributed by atoms with E-state index in [1.54, 1.807) is 0 Å². The molecule has 64 heavy (non-hydrogen) atoms. The van der Waals surface area contributed by atoms with E-state index < -0.39 is 0 Å². The van der Waals surface area contributed by atoms with Crippen molar-refractivity contribution in [2.24, 2.45) is 0 Å². The molecule has 0 radical (unpaired) electrons. The third kappa shape index (κ3) is 5.70. The Labute approximate surface area is 369 Å². The topological polar surface area (TPSA) is 26.2 Å². The van der Waals surface area contributed by atoms with Gasteiger partial charge in [0, 0.05) is 49.3 Å². The van der Waals surface area contributed by atoms with E-state index in [2.05, 4.69) is 238 Å². The summed E-state index contributed by atoms with van der Waals surface area (Å²) in [7, 11) is 0. The molecule has 3 aromatic heterocycles. The Morgan fingerprint density at radius 3 is 1.25 bits per heavy atom. The zero-order valence-electron chi connectivity index (χ0n) is 34.8. The second-order valence-corrected chi connectivity index (χ2v) is 16.5. The summed E-state index contributed by atoms with van der Waals surface area (Å²) < 4.78 is 11.4. The van der Waals surface area contributed by atoms with Crippen LogP contribution in [0.1, 0.15) is 0 Å². The zero-order chi connectivity index (χ0) is 42.1. The fourth-order valence-corrected chi connectivity index (χ4v) is 10.0. The maximum absolute atomic E-state index is 6.51. The molecule has 10 aromatic carbocycles. The molecular formula is C60H39N3O. The van der Waals surface area contributed by atoms with E-state index >= 15 is 0 Å². The normalized spacial score (nSPS) is 11.8. The predicted molar refractivity (Wildman–Crippen MR) is 268 cm³/mol. The fraction of sp³-hybridized carbons (Fsp3) is 0. The fourth-order valence-electron chi connectivity index (χ4n) is 10.0. The summed E-state index contributed by atoms with van der Waals surface area (Å²) in [6, 6.07) is 85.3. The van der Waals surface area contributed by atoms with Crippen LogP contribution >= 0.6 is 0 Å². The van der Waals surface area contributed by atoms with E-state index in [1.807, 2.05) is 12.1 Å². The lowest BCUT2D eigenvalue weighted by atomic mass is 10.0. The monoisotopic (exact) mass is 817 g/mol. The maximum atomic E-state index is 6.51. The number of anilines is 3. The van der Waals surface area contributed by atoms with Crippen LogP contribution in [0.4, 0.5) is 17.1 Å². The van der Waals surface area contributed by atoms with Crippen LogP contribution < -0.4 is 4.90 Å². The highest BCUT2D eigenvalue weighted by Gasteiger charge is 2.21. The molecule has 300 valence electrons. The van der Waals surface area contributed by atoms with Crippen LogP contribution in [0.15, 0.2) is 241 Å². The number of fused-ring (bicyclic) bond motifs is 9. The van der Waals surface area contributed by atoms with Gasteiger partial charge >= 0.3 is 0 Å². The second kappa shape index (κ2) is 14.5. The lowest BCUT2D eigenvalue weighted by Crippen LogP contribution is -2.12. The molecular weight excluding hydrogens is 779 g/mol. The molecule has 0 aliphatic rings. The molecule has 3 heterocycles. The van der Waals surface area contributed by atoms with Crippen molar-refractivity contribution in [2.75, 3.05) is 4.90 Å². The van der Waals surface area contributed by atoms with Gasteiger partial charge < -0.3 is 18.5 Å². The summed E-state index contributed by atoms with van der Waals surface area (Å²) in [5.41, 5.74) is 16.3. The van der Waals surface area contributed by atoms with Crippen molar-refractivity contribution in [1.29, 1.82) is 0 Å². The van der Waals surface area contributed by atoms with Crippen molar-refractivity contribution in [3.63, 3.8) is 0 Å². The number of furan rings is 1. The van der Waals surface area contributed by atoms with Gasteiger partial charge in [-0.1, -0.05) is 164 Å². The number of aromatic nitrogens is 2. The largest absolute Gasteiger partial charge is 0.455 e. The molecule has 0 aliphatic carbocycles. The Bertz CT molecular complexity index is 3650. The Balaban J connectivity index is 1.06. The highest BCUT2D eigenvalue weighted by molar-refractivity contribution is 6.12. The average molecular weight is 818 g/mol. The van der Waals surface area contributed by atoms with Gasteiger partial charge in [0.2, 0.25) is 0 Å². The predicted octanol–water partition coefficient (Wildman–Crippen LogP) is 16.6. The van der Waals surface area contributed by atoms with Crippen LogP contribution in [0, 0.1) is 0 Å². The third-order valence-corrected chi connectivity index (χ3v) is 12.9. The molecule has 0 unspecified atom stereocenters. The summed E-state index contributed by atoms with van der Waals surface area (Å²) in [6.07, 6.45) is 0. The first-order chi connectivity index (χ1) is 31.7. The second-order valence-electron chi connectivity index (χ2n) is 16.5. The van der Waals surface area contributed by atoms with Crippen LogP contribution in [0.5, 0.6) is 0 Å². The first-order valence-corrected chi connectivity index (χ1v) is 21.8. The van der Waals surface area contributed by atoms with E-state index in [1.165, 1.54) is 32.7 Å². The van der Waals surface area contributed by atoms with Gasteiger partial charge in [0.05, 0.1) is 39.1 Å². The molecule has 4 heteroatoms. The summed E-state index contributed by atoms with van der Waals surface area (Å²) >= 11 is 0. The van der Waals surface area contributed by atoms with Crippen molar-refractivity contribution in [2.45, 2.75) is 0 Å². The van der Waals surface area contributed by atoms with Gasteiger partial charge in [-0.15, -0.1) is 0 Å².